The standard InChI is InChI=1S/C14H12NP/c1-10-7-8-12-13(9-10)16-14(15-12)11-5-3-2-4-6-11/h2-9,16H,1H3. The van der Waals surface area contributed by atoms with Gasteiger partial charge in [0.1, 0.15) is 0 Å². The second kappa shape index (κ2) is 3.77. The van der Waals surface area contributed by atoms with Crippen molar-refractivity contribution >= 4 is 18.8 Å². The SMILES string of the molecule is Cc1ccc2nc(-c3ccccc3)[pH]c2c1. The molecule has 3 aromatic rings. The van der Waals surface area contributed by atoms with Gasteiger partial charge in [-0.3, -0.25) is 0 Å². The van der Waals surface area contributed by atoms with E-state index in [4.69, 9.17) is 4.98 Å². The number of rotatable bonds is 1. The minimum absolute atomic E-state index is 0.695. The van der Waals surface area contributed by atoms with Gasteiger partial charge in [0.15, 0.2) is 0 Å². The maximum absolute atomic E-state index is 4.69. The lowest BCUT2D eigenvalue weighted by Crippen LogP contribution is -1.73. The Morgan fingerprint density at radius 3 is 2.62 bits per heavy atom. The van der Waals surface area contributed by atoms with Gasteiger partial charge in [0.25, 0.3) is 0 Å². The van der Waals surface area contributed by atoms with E-state index in [0.29, 0.717) is 8.19 Å². The first kappa shape index (κ1) is 9.62. The van der Waals surface area contributed by atoms with Crippen LogP contribution in [0.5, 0.6) is 0 Å². The van der Waals surface area contributed by atoms with Crippen LogP contribution in [-0.4, -0.2) is 4.98 Å². The van der Waals surface area contributed by atoms with Crippen molar-refractivity contribution in [2.75, 3.05) is 0 Å². The van der Waals surface area contributed by atoms with E-state index >= 15 is 0 Å². The minimum Gasteiger partial charge on any atom is -0.243 e. The highest BCUT2D eigenvalue weighted by Gasteiger charge is 2.03. The van der Waals surface area contributed by atoms with E-state index in [0.717, 1.165) is 5.52 Å². The molecule has 0 spiro atoms. The lowest BCUT2D eigenvalue weighted by Gasteiger charge is -1.93. The lowest BCUT2D eigenvalue weighted by atomic mass is 10.2. The highest BCUT2D eigenvalue weighted by molar-refractivity contribution is 7.40. The Kier molecular flexibility index (Phi) is 2.27. The van der Waals surface area contributed by atoms with E-state index in [-0.39, 0.29) is 0 Å². The van der Waals surface area contributed by atoms with Crippen molar-refractivity contribution in [3.63, 3.8) is 0 Å². The fourth-order valence-corrected chi connectivity index (χ4v) is 3.17. The third-order valence-corrected chi connectivity index (χ3v) is 3.99. The zero-order valence-electron chi connectivity index (χ0n) is 9.07. The molecule has 0 fully saturated rings. The molecule has 2 heteroatoms. The van der Waals surface area contributed by atoms with Gasteiger partial charge in [-0.2, -0.15) is 0 Å². The zero-order chi connectivity index (χ0) is 11.0. The van der Waals surface area contributed by atoms with Gasteiger partial charge in [-0.15, -0.1) is 8.19 Å². The summed E-state index contributed by atoms with van der Waals surface area (Å²) in [5, 5.41) is 1.37. The normalized spacial score (nSPS) is 11.3. The largest absolute Gasteiger partial charge is 0.243 e. The monoisotopic (exact) mass is 225 g/mol. The number of hydrogen-bond donors (Lipinski definition) is 0. The molecule has 78 valence electrons. The maximum Gasteiger partial charge on any atom is 0.0872 e. The van der Waals surface area contributed by atoms with Gasteiger partial charge in [0, 0.05) is 10.7 Å². The van der Waals surface area contributed by atoms with E-state index in [9.17, 15) is 0 Å². The second-order valence-electron chi connectivity index (χ2n) is 3.97. The van der Waals surface area contributed by atoms with Crippen molar-refractivity contribution in [3.8, 4) is 11.0 Å². The van der Waals surface area contributed by atoms with Crippen LogP contribution >= 0.6 is 8.19 Å². The summed E-state index contributed by atoms with van der Waals surface area (Å²) >= 11 is 0. The van der Waals surface area contributed by atoms with Crippen LogP contribution in [0.15, 0.2) is 48.5 Å². The molecule has 0 bridgehead atoms. The molecule has 1 heterocycles. The molecule has 1 unspecified atom stereocenters. The second-order valence-corrected chi connectivity index (χ2v) is 5.23. The molecule has 0 amide bonds. The summed E-state index contributed by atoms with van der Waals surface area (Å²) in [4.78, 5) is 4.69. The molecule has 0 aliphatic carbocycles. The topological polar surface area (TPSA) is 12.9 Å². The maximum atomic E-state index is 4.69. The summed E-state index contributed by atoms with van der Waals surface area (Å²) in [6.07, 6.45) is 0. The minimum atomic E-state index is 0.695. The van der Waals surface area contributed by atoms with Crippen molar-refractivity contribution in [2.24, 2.45) is 0 Å². The van der Waals surface area contributed by atoms with Crippen LogP contribution < -0.4 is 0 Å². The molecule has 0 aliphatic rings. The molecule has 16 heavy (non-hydrogen) atoms. The van der Waals surface area contributed by atoms with Gasteiger partial charge < -0.3 is 0 Å². The van der Waals surface area contributed by atoms with Gasteiger partial charge in [-0.1, -0.05) is 42.0 Å². The average Bonchev–Trinajstić information content (AvgIpc) is 2.73. The molecular weight excluding hydrogens is 213 g/mol. The van der Waals surface area contributed by atoms with E-state index in [1.807, 2.05) is 6.07 Å². The number of aryl methyl sites for hydroxylation is 1. The molecule has 3 rings (SSSR count). The lowest BCUT2D eigenvalue weighted by molar-refractivity contribution is 1.45. The first-order chi connectivity index (χ1) is 7.83. The molecule has 0 saturated heterocycles. The summed E-state index contributed by atoms with van der Waals surface area (Å²) in [6, 6.07) is 16.9. The van der Waals surface area contributed by atoms with E-state index < -0.39 is 0 Å². The van der Waals surface area contributed by atoms with Crippen LogP contribution in [0.2, 0.25) is 0 Å². The molecule has 2 aromatic carbocycles. The van der Waals surface area contributed by atoms with Crippen molar-refractivity contribution in [3.05, 3.63) is 54.1 Å². The van der Waals surface area contributed by atoms with Crippen molar-refractivity contribution in [1.82, 2.24) is 4.98 Å². The van der Waals surface area contributed by atoms with Gasteiger partial charge in [0.2, 0.25) is 0 Å². The number of hydrogen-bond acceptors (Lipinski definition) is 1. The van der Waals surface area contributed by atoms with Gasteiger partial charge >= 0.3 is 0 Å². The van der Waals surface area contributed by atoms with Gasteiger partial charge in [0.05, 0.1) is 10.9 Å². The highest BCUT2D eigenvalue weighted by Crippen LogP contribution is 2.34. The Morgan fingerprint density at radius 2 is 1.81 bits per heavy atom. The first-order valence-electron chi connectivity index (χ1n) is 5.35. The molecule has 1 atom stereocenters. The van der Waals surface area contributed by atoms with E-state index in [2.05, 4.69) is 49.4 Å². The number of aromatic nitrogens is 1. The Labute approximate surface area is 96.2 Å². The van der Waals surface area contributed by atoms with Crippen molar-refractivity contribution in [1.29, 1.82) is 0 Å². The Hall–Kier alpha value is -1.59. The van der Waals surface area contributed by atoms with Crippen LogP contribution in [-0.2, 0) is 0 Å². The molecule has 0 N–H and O–H groups in total. The number of fused-ring (bicyclic) bond motifs is 1. The fraction of sp³-hybridized carbons (Fsp3) is 0.0714. The summed E-state index contributed by atoms with van der Waals surface area (Å²) in [7, 11) is 0.695. The summed E-state index contributed by atoms with van der Waals surface area (Å²) in [5.74, 6) is 0. The molecule has 1 aromatic heterocycles. The van der Waals surface area contributed by atoms with Crippen LogP contribution in [0.1, 0.15) is 5.56 Å². The van der Waals surface area contributed by atoms with Crippen LogP contribution in [0.3, 0.4) is 0 Å². The van der Waals surface area contributed by atoms with Gasteiger partial charge in [-0.25, -0.2) is 4.98 Å². The van der Waals surface area contributed by atoms with E-state index in [1.165, 1.54) is 21.7 Å². The van der Waals surface area contributed by atoms with E-state index in [1.54, 1.807) is 0 Å². The highest BCUT2D eigenvalue weighted by atomic mass is 31.0. The predicted octanol–water partition coefficient (Wildman–Crippen LogP) is 4.24. The Balaban J connectivity index is 2.19. The fourth-order valence-electron chi connectivity index (χ4n) is 1.86. The van der Waals surface area contributed by atoms with Crippen LogP contribution in [0, 0.1) is 6.92 Å². The average molecular weight is 225 g/mol. The predicted molar refractivity (Wildman–Crippen MR) is 71.4 cm³/mol. The van der Waals surface area contributed by atoms with Crippen LogP contribution in [0.25, 0.3) is 21.6 Å². The Morgan fingerprint density at radius 1 is 1.00 bits per heavy atom. The zero-order valence-corrected chi connectivity index (χ0v) is 10.1. The molecule has 1 nitrogen and oxygen atoms in total. The first-order valence-corrected chi connectivity index (χ1v) is 6.35. The third kappa shape index (κ3) is 1.64. The van der Waals surface area contributed by atoms with Crippen molar-refractivity contribution in [2.45, 2.75) is 6.92 Å². The summed E-state index contributed by atoms with van der Waals surface area (Å²) in [5.41, 5.74) is 4.91. The molecular formula is C14H12NP. The number of nitrogens with zero attached hydrogens (tertiary/aromatic N) is 1. The summed E-state index contributed by atoms with van der Waals surface area (Å²) in [6.45, 7) is 2.13. The smallest absolute Gasteiger partial charge is 0.0872 e. The quantitative estimate of drug-likeness (QED) is 0.603. The van der Waals surface area contributed by atoms with Gasteiger partial charge in [-0.05, 0) is 19.1 Å². The molecule has 0 aliphatic heterocycles. The van der Waals surface area contributed by atoms with Crippen molar-refractivity contribution < 1.29 is 0 Å². The number of benzene rings is 2. The molecule has 0 radical (unpaired) electrons. The Bertz CT molecular complexity index is 626. The molecule has 0 saturated carbocycles. The third-order valence-electron chi connectivity index (χ3n) is 2.68. The van der Waals surface area contributed by atoms with Crippen LogP contribution in [0.4, 0.5) is 0 Å². The summed E-state index contributed by atoms with van der Waals surface area (Å²) < 4.78 is 0.